The molecule has 2 rings (SSSR count). The van der Waals surface area contributed by atoms with Crippen LogP contribution >= 0.6 is 0 Å². The van der Waals surface area contributed by atoms with Gasteiger partial charge in [-0.25, -0.2) is 0 Å². The van der Waals surface area contributed by atoms with E-state index in [4.69, 9.17) is 9.84 Å². The standard InChI is InChI=1S/C15H19NO4/c1-10-7-16(8-13(10)15(18)19)14(17)12-6-4-3-5-11(12)9-20-2/h3-6,10,13H,7-9H2,1-2H3,(H,18,19). The van der Waals surface area contributed by atoms with Crippen molar-refractivity contribution in [2.24, 2.45) is 11.8 Å². The number of aliphatic carboxylic acids is 1. The number of carboxylic acid groups (broad SMARTS) is 1. The van der Waals surface area contributed by atoms with Crippen molar-refractivity contribution < 1.29 is 19.4 Å². The van der Waals surface area contributed by atoms with E-state index in [1.165, 1.54) is 0 Å². The van der Waals surface area contributed by atoms with Crippen molar-refractivity contribution in [1.29, 1.82) is 0 Å². The number of hydrogen-bond donors (Lipinski definition) is 1. The SMILES string of the molecule is COCc1ccccc1C(=O)N1CC(C)C(C(=O)O)C1. The molecule has 20 heavy (non-hydrogen) atoms. The molecule has 108 valence electrons. The lowest BCUT2D eigenvalue weighted by molar-refractivity contribution is -0.142. The summed E-state index contributed by atoms with van der Waals surface area (Å²) >= 11 is 0. The van der Waals surface area contributed by atoms with Gasteiger partial charge in [0.15, 0.2) is 0 Å². The number of methoxy groups -OCH3 is 1. The lowest BCUT2D eigenvalue weighted by Gasteiger charge is -2.18. The molecular formula is C15H19NO4. The largest absolute Gasteiger partial charge is 0.481 e. The summed E-state index contributed by atoms with van der Waals surface area (Å²) in [4.78, 5) is 25.3. The normalized spacial score (nSPS) is 22.0. The molecule has 1 aromatic carbocycles. The average molecular weight is 277 g/mol. The summed E-state index contributed by atoms with van der Waals surface area (Å²) in [6.07, 6.45) is 0. The van der Waals surface area contributed by atoms with Crippen LogP contribution in [0.4, 0.5) is 0 Å². The van der Waals surface area contributed by atoms with Crippen LogP contribution in [0, 0.1) is 11.8 Å². The van der Waals surface area contributed by atoms with Crippen molar-refractivity contribution in [2.45, 2.75) is 13.5 Å². The van der Waals surface area contributed by atoms with Gasteiger partial charge in [-0.2, -0.15) is 0 Å². The van der Waals surface area contributed by atoms with Gasteiger partial charge in [-0.1, -0.05) is 25.1 Å². The molecule has 0 bridgehead atoms. The van der Waals surface area contributed by atoms with Crippen LogP contribution in [-0.2, 0) is 16.1 Å². The van der Waals surface area contributed by atoms with Crippen LogP contribution in [0.15, 0.2) is 24.3 Å². The number of carbonyl (C=O) groups is 2. The van der Waals surface area contributed by atoms with Crippen LogP contribution in [-0.4, -0.2) is 42.1 Å². The zero-order chi connectivity index (χ0) is 14.7. The highest BCUT2D eigenvalue weighted by atomic mass is 16.5. The zero-order valence-corrected chi connectivity index (χ0v) is 11.7. The molecule has 1 heterocycles. The van der Waals surface area contributed by atoms with Gasteiger partial charge in [0.2, 0.25) is 0 Å². The highest BCUT2D eigenvalue weighted by Crippen LogP contribution is 2.25. The van der Waals surface area contributed by atoms with Crippen LogP contribution < -0.4 is 0 Å². The molecule has 0 aliphatic carbocycles. The fourth-order valence-corrected chi connectivity index (χ4v) is 2.63. The number of carbonyl (C=O) groups excluding carboxylic acids is 1. The lowest BCUT2D eigenvalue weighted by Crippen LogP contribution is -2.30. The minimum atomic E-state index is -0.835. The number of nitrogens with zero attached hydrogens (tertiary/aromatic N) is 1. The summed E-state index contributed by atoms with van der Waals surface area (Å²) in [5.74, 6) is -1.45. The Kier molecular flexibility index (Phi) is 4.39. The van der Waals surface area contributed by atoms with Gasteiger partial charge in [-0.3, -0.25) is 9.59 Å². The van der Waals surface area contributed by atoms with Crippen LogP contribution in [0.25, 0.3) is 0 Å². The van der Waals surface area contributed by atoms with E-state index in [2.05, 4.69) is 0 Å². The number of rotatable bonds is 4. The van der Waals surface area contributed by atoms with Gasteiger partial charge in [-0.15, -0.1) is 0 Å². The molecule has 1 fully saturated rings. The smallest absolute Gasteiger partial charge is 0.308 e. The number of hydrogen-bond acceptors (Lipinski definition) is 3. The summed E-state index contributed by atoms with van der Waals surface area (Å²) in [5, 5.41) is 9.13. The molecule has 0 spiro atoms. The van der Waals surface area contributed by atoms with Crippen LogP contribution in [0.5, 0.6) is 0 Å². The second-order valence-corrected chi connectivity index (χ2v) is 5.22. The van der Waals surface area contributed by atoms with Gasteiger partial charge < -0.3 is 14.7 Å². The van der Waals surface area contributed by atoms with Gasteiger partial charge in [0.1, 0.15) is 0 Å². The summed E-state index contributed by atoms with van der Waals surface area (Å²) in [6, 6.07) is 7.28. The maximum atomic E-state index is 12.5. The number of amides is 1. The van der Waals surface area contributed by atoms with Crippen LogP contribution in [0.3, 0.4) is 0 Å². The predicted octanol–water partition coefficient (Wildman–Crippen LogP) is 1.63. The molecule has 1 aliphatic heterocycles. The Hall–Kier alpha value is -1.88. The highest BCUT2D eigenvalue weighted by Gasteiger charge is 2.37. The number of ether oxygens (including phenoxy) is 1. The quantitative estimate of drug-likeness (QED) is 0.908. The molecule has 2 atom stereocenters. The Balaban J connectivity index is 2.19. The van der Waals surface area contributed by atoms with Crippen molar-refractivity contribution in [3.63, 3.8) is 0 Å². The molecular weight excluding hydrogens is 258 g/mol. The molecule has 1 saturated heterocycles. The minimum absolute atomic E-state index is 0.0222. The second-order valence-electron chi connectivity index (χ2n) is 5.22. The summed E-state index contributed by atoms with van der Waals surface area (Å²) < 4.78 is 5.10. The summed E-state index contributed by atoms with van der Waals surface area (Å²) in [6.45, 7) is 2.99. The molecule has 0 aromatic heterocycles. The third-order valence-electron chi connectivity index (χ3n) is 3.76. The highest BCUT2D eigenvalue weighted by molar-refractivity contribution is 5.96. The first-order valence-corrected chi connectivity index (χ1v) is 6.63. The van der Waals surface area contributed by atoms with Crippen molar-refractivity contribution in [1.82, 2.24) is 4.90 Å². The van der Waals surface area contributed by atoms with E-state index in [0.29, 0.717) is 18.7 Å². The van der Waals surface area contributed by atoms with Crippen molar-refractivity contribution in [3.05, 3.63) is 35.4 Å². The third kappa shape index (κ3) is 2.82. The first kappa shape index (κ1) is 14.5. The van der Waals surface area contributed by atoms with Gasteiger partial charge in [0.25, 0.3) is 5.91 Å². The molecule has 1 aromatic rings. The average Bonchev–Trinajstić information content (AvgIpc) is 2.81. The van der Waals surface area contributed by atoms with E-state index < -0.39 is 11.9 Å². The lowest BCUT2D eigenvalue weighted by atomic mass is 9.99. The maximum absolute atomic E-state index is 12.5. The number of likely N-dealkylation sites (tertiary alicyclic amines) is 1. The monoisotopic (exact) mass is 277 g/mol. The Morgan fingerprint density at radius 1 is 1.35 bits per heavy atom. The van der Waals surface area contributed by atoms with E-state index in [-0.39, 0.29) is 18.4 Å². The topological polar surface area (TPSA) is 66.8 Å². The van der Waals surface area contributed by atoms with E-state index in [1.807, 2.05) is 19.1 Å². The minimum Gasteiger partial charge on any atom is -0.481 e. The van der Waals surface area contributed by atoms with Crippen molar-refractivity contribution in [2.75, 3.05) is 20.2 Å². The van der Waals surface area contributed by atoms with Gasteiger partial charge in [-0.05, 0) is 17.5 Å². The molecule has 5 heteroatoms. The van der Waals surface area contributed by atoms with Gasteiger partial charge in [0, 0.05) is 25.8 Å². The van der Waals surface area contributed by atoms with E-state index in [1.54, 1.807) is 24.1 Å². The predicted molar refractivity (Wildman–Crippen MR) is 73.3 cm³/mol. The molecule has 2 unspecified atom stereocenters. The van der Waals surface area contributed by atoms with E-state index in [9.17, 15) is 9.59 Å². The second kappa shape index (κ2) is 6.05. The molecule has 5 nitrogen and oxygen atoms in total. The summed E-state index contributed by atoms with van der Waals surface area (Å²) in [5.41, 5.74) is 1.42. The summed E-state index contributed by atoms with van der Waals surface area (Å²) in [7, 11) is 1.58. The molecule has 1 aliphatic rings. The number of benzene rings is 1. The third-order valence-corrected chi connectivity index (χ3v) is 3.76. The van der Waals surface area contributed by atoms with Crippen molar-refractivity contribution >= 4 is 11.9 Å². The number of carboxylic acids is 1. The van der Waals surface area contributed by atoms with Crippen molar-refractivity contribution in [3.8, 4) is 0 Å². The fourth-order valence-electron chi connectivity index (χ4n) is 2.63. The first-order valence-electron chi connectivity index (χ1n) is 6.63. The van der Waals surface area contributed by atoms with Crippen LogP contribution in [0.2, 0.25) is 0 Å². The van der Waals surface area contributed by atoms with Crippen LogP contribution in [0.1, 0.15) is 22.8 Å². The maximum Gasteiger partial charge on any atom is 0.308 e. The molecule has 1 N–H and O–H groups in total. The first-order chi connectivity index (χ1) is 9.54. The molecule has 0 saturated carbocycles. The Labute approximate surface area is 118 Å². The van der Waals surface area contributed by atoms with E-state index >= 15 is 0 Å². The van der Waals surface area contributed by atoms with E-state index in [0.717, 1.165) is 5.56 Å². The van der Waals surface area contributed by atoms with Gasteiger partial charge in [0.05, 0.1) is 12.5 Å². The zero-order valence-electron chi connectivity index (χ0n) is 11.7. The Morgan fingerprint density at radius 2 is 2.05 bits per heavy atom. The molecule has 0 radical (unpaired) electrons. The fraction of sp³-hybridized carbons (Fsp3) is 0.467. The van der Waals surface area contributed by atoms with Gasteiger partial charge >= 0.3 is 5.97 Å². The Bertz CT molecular complexity index is 514. The molecule has 1 amide bonds. The Morgan fingerprint density at radius 3 is 2.65 bits per heavy atom.